The van der Waals surface area contributed by atoms with Crippen LogP contribution in [0.25, 0.3) is 11.3 Å². The minimum atomic E-state index is -0.237. The molecule has 2 aliphatic heterocycles. The zero-order valence-corrected chi connectivity index (χ0v) is 24.6. The lowest BCUT2D eigenvalue weighted by Gasteiger charge is -2.39. The quantitative estimate of drug-likeness (QED) is 0.277. The highest BCUT2D eigenvalue weighted by molar-refractivity contribution is 5.64. The third-order valence-electron chi connectivity index (χ3n) is 9.31. The van der Waals surface area contributed by atoms with E-state index >= 15 is 0 Å². The van der Waals surface area contributed by atoms with Gasteiger partial charge in [0.25, 0.3) is 0 Å². The first-order chi connectivity index (χ1) is 20.4. The molecular formula is C32H40N10. The van der Waals surface area contributed by atoms with E-state index < -0.39 is 0 Å². The molecule has 5 aromatic rings. The maximum Gasteiger partial charge on any atom is 0.180 e. The van der Waals surface area contributed by atoms with Crippen molar-refractivity contribution < 1.29 is 0 Å². The number of hydrogen-bond acceptors (Lipinski definition) is 8. The second kappa shape index (κ2) is 10.7. The molecule has 1 aromatic carbocycles. The summed E-state index contributed by atoms with van der Waals surface area (Å²) in [6.45, 7) is 9.85. The minimum Gasteiger partial charge on any atom is -0.369 e. The molecule has 2 aliphatic rings. The third-order valence-corrected chi connectivity index (χ3v) is 9.31. The van der Waals surface area contributed by atoms with E-state index in [1.807, 2.05) is 33.7 Å². The first-order valence-electron chi connectivity index (χ1n) is 15.1. The van der Waals surface area contributed by atoms with Crippen molar-refractivity contribution in [2.24, 2.45) is 5.73 Å². The molecule has 0 radical (unpaired) electrons. The summed E-state index contributed by atoms with van der Waals surface area (Å²) in [5.74, 6) is 1.79. The number of anilines is 2. The van der Waals surface area contributed by atoms with Gasteiger partial charge < -0.3 is 25.3 Å². The molecule has 0 saturated carbocycles. The molecule has 0 bridgehead atoms. The molecule has 7 rings (SSSR count). The number of benzene rings is 1. The maximum absolute atomic E-state index is 6.81. The van der Waals surface area contributed by atoms with Gasteiger partial charge in [0, 0.05) is 81.4 Å². The smallest absolute Gasteiger partial charge is 0.180 e. The van der Waals surface area contributed by atoms with E-state index in [0.29, 0.717) is 0 Å². The summed E-state index contributed by atoms with van der Waals surface area (Å²) in [6.07, 6.45) is 13.4. The van der Waals surface area contributed by atoms with Gasteiger partial charge in [-0.25, -0.2) is 19.5 Å². The van der Waals surface area contributed by atoms with Gasteiger partial charge in [-0.15, -0.1) is 0 Å². The predicted octanol–water partition coefficient (Wildman–Crippen LogP) is 3.38. The molecule has 2 saturated heterocycles. The Bertz CT molecular complexity index is 1680. The standard InChI is InChI=1S/C32H40N10/c1-24-20-26(41-15-9-31(2,23-41)25-6-4-3-5-7-25)21-42-28(24)37-27(38-42)8-12-34-22-32(33)10-16-39(17-11-32)29-30-36-14-19-40(30)18-13-35-29/h3-7,13-14,18-21,34H,8-12,15-17,22-23,33H2,1-2H3. The van der Waals surface area contributed by atoms with E-state index in [1.54, 1.807) is 0 Å². The fraction of sp³-hybridized carbons (Fsp3) is 0.438. The van der Waals surface area contributed by atoms with Crippen LogP contribution in [0.4, 0.5) is 11.5 Å². The average Bonchev–Trinajstić information content (AvgIpc) is 3.75. The van der Waals surface area contributed by atoms with Crippen molar-refractivity contribution in [1.82, 2.24) is 34.3 Å². The molecule has 1 atom stereocenters. The summed E-state index contributed by atoms with van der Waals surface area (Å²) in [5, 5.41) is 8.44. The normalized spacial score (nSPS) is 20.6. The number of imidazole rings is 1. The van der Waals surface area contributed by atoms with Crippen LogP contribution >= 0.6 is 0 Å². The Morgan fingerprint density at radius 1 is 0.952 bits per heavy atom. The Hall–Kier alpha value is -4.02. The van der Waals surface area contributed by atoms with Crippen LogP contribution < -0.4 is 20.9 Å². The van der Waals surface area contributed by atoms with E-state index in [-0.39, 0.29) is 11.0 Å². The second-order valence-electron chi connectivity index (χ2n) is 12.5. The van der Waals surface area contributed by atoms with Gasteiger partial charge in [0.05, 0.1) is 11.9 Å². The number of fused-ring (bicyclic) bond motifs is 2. The lowest BCUT2D eigenvalue weighted by molar-refractivity contribution is 0.317. The number of nitrogens with zero attached hydrogens (tertiary/aromatic N) is 8. The van der Waals surface area contributed by atoms with Crippen molar-refractivity contribution in [3.05, 3.63) is 84.3 Å². The largest absolute Gasteiger partial charge is 0.369 e. The topological polar surface area (TPSA) is 105 Å². The van der Waals surface area contributed by atoms with Crippen molar-refractivity contribution in [3.63, 3.8) is 0 Å². The summed E-state index contributed by atoms with van der Waals surface area (Å²) in [4.78, 5) is 18.7. The first kappa shape index (κ1) is 26.9. The van der Waals surface area contributed by atoms with E-state index in [2.05, 4.69) is 81.5 Å². The fourth-order valence-electron chi connectivity index (χ4n) is 6.65. The summed E-state index contributed by atoms with van der Waals surface area (Å²) >= 11 is 0. The van der Waals surface area contributed by atoms with Crippen LogP contribution in [0.1, 0.15) is 43.1 Å². The Labute approximate surface area is 246 Å². The lowest BCUT2D eigenvalue weighted by atomic mass is 9.82. The molecule has 0 aliphatic carbocycles. The van der Waals surface area contributed by atoms with Crippen LogP contribution in [0.2, 0.25) is 0 Å². The Morgan fingerprint density at radius 3 is 2.52 bits per heavy atom. The number of pyridine rings is 1. The molecular weight excluding hydrogens is 524 g/mol. The molecule has 10 heteroatoms. The molecule has 0 spiro atoms. The molecule has 0 amide bonds. The highest BCUT2D eigenvalue weighted by Gasteiger charge is 2.36. The van der Waals surface area contributed by atoms with Crippen LogP contribution in [-0.2, 0) is 11.8 Å². The Kier molecular flexibility index (Phi) is 6.82. The van der Waals surface area contributed by atoms with E-state index in [0.717, 1.165) is 93.5 Å². The van der Waals surface area contributed by atoms with Gasteiger partial charge >= 0.3 is 0 Å². The molecule has 218 valence electrons. The summed E-state index contributed by atoms with van der Waals surface area (Å²) in [6, 6.07) is 13.1. The fourth-order valence-corrected chi connectivity index (χ4v) is 6.65. The molecule has 2 fully saturated rings. The SMILES string of the molecule is Cc1cc(N2CCC(C)(c3ccccc3)C2)cn2nc(CCNCC3(N)CCN(c4nccn5ccnc45)CC3)nc12. The second-order valence-corrected chi connectivity index (χ2v) is 12.5. The number of piperidine rings is 1. The van der Waals surface area contributed by atoms with Crippen molar-refractivity contribution in [2.45, 2.75) is 50.5 Å². The summed E-state index contributed by atoms with van der Waals surface area (Å²) in [5.41, 5.74) is 12.3. The van der Waals surface area contributed by atoms with Crippen molar-refractivity contribution >= 4 is 22.8 Å². The maximum atomic E-state index is 6.81. The molecule has 4 aromatic heterocycles. The monoisotopic (exact) mass is 564 g/mol. The zero-order chi connectivity index (χ0) is 28.7. The van der Waals surface area contributed by atoms with E-state index in [1.165, 1.54) is 11.3 Å². The molecule has 6 heterocycles. The van der Waals surface area contributed by atoms with Crippen LogP contribution in [0.5, 0.6) is 0 Å². The summed E-state index contributed by atoms with van der Waals surface area (Å²) < 4.78 is 3.98. The van der Waals surface area contributed by atoms with Crippen LogP contribution in [-0.4, -0.2) is 73.8 Å². The number of rotatable bonds is 8. The van der Waals surface area contributed by atoms with Gasteiger partial charge in [0.2, 0.25) is 0 Å². The highest BCUT2D eigenvalue weighted by atomic mass is 15.3. The van der Waals surface area contributed by atoms with Crippen molar-refractivity contribution in [2.75, 3.05) is 49.1 Å². The number of aromatic nitrogens is 6. The van der Waals surface area contributed by atoms with Gasteiger partial charge in [-0.05, 0) is 43.4 Å². The van der Waals surface area contributed by atoms with Crippen molar-refractivity contribution in [3.8, 4) is 0 Å². The van der Waals surface area contributed by atoms with E-state index in [4.69, 9.17) is 15.8 Å². The molecule has 10 nitrogen and oxygen atoms in total. The van der Waals surface area contributed by atoms with Gasteiger partial charge in [-0.2, -0.15) is 5.10 Å². The van der Waals surface area contributed by atoms with Gasteiger partial charge in [-0.1, -0.05) is 37.3 Å². The predicted molar refractivity (Wildman–Crippen MR) is 166 cm³/mol. The number of aryl methyl sites for hydroxylation is 1. The average molecular weight is 565 g/mol. The van der Waals surface area contributed by atoms with Crippen molar-refractivity contribution in [1.29, 1.82) is 0 Å². The minimum absolute atomic E-state index is 0.158. The Balaban J connectivity index is 0.939. The Morgan fingerprint density at radius 2 is 1.71 bits per heavy atom. The molecule has 1 unspecified atom stereocenters. The zero-order valence-electron chi connectivity index (χ0n) is 24.6. The number of nitrogens with two attached hydrogens (primary N) is 1. The molecule has 42 heavy (non-hydrogen) atoms. The molecule has 3 N–H and O–H groups in total. The van der Waals surface area contributed by atoms with Gasteiger partial charge in [0.1, 0.15) is 0 Å². The highest BCUT2D eigenvalue weighted by Crippen LogP contribution is 2.36. The summed E-state index contributed by atoms with van der Waals surface area (Å²) in [7, 11) is 0. The third kappa shape index (κ3) is 5.09. The van der Waals surface area contributed by atoms with E-state index in [9.17, 15) is 0 Å². The van der Waals surface area contributed by atoms with Crippen LogP contribution in [0, 0.1) is 6.92 Å². The van der Waals surface area contributed by atoms with Gasteiger partial charge in [-0.3, -0.25) is 0 Å². The first-order valence-corrected chi connectivity index (χ1v) is 15.1. The van der Waals surface area contributed by atoms with Crippen LogP contribution in [0.3, 0.4) is 0 Å². The van der Waals surface area contributed by atoms with Crippen LogP contribution in [0.15, 0.2) is 67.4 Å². The van der Waals surface area contributed by atoms with Gasteiger partial charge in [0.15, 0.2) is 22.9 Å². The number of nitrogens with one attached hydrogen (secondary N) is 1. The lowest BCUT2D eigenvalue weighted by Crippen LogP contribution is -2.56. The number of hydrogen-bond donors (Lipinski definition) is 2.